The summed E-state index contributed by atoms with van der Waals surface area (Å²) in [5.41, 5.74) is 7.96. The van der Waals surface area contributed by atoms with Gasteiger partial charge in [0.1, 0.15) is 0 Å². The molecule has 1 unspecified atom stereocenters. The normalized spacial score (nSPS) is 18.0. The maximum absolute atomic E-state index is 12.0. The van der Waals surface area contributed by atoms with E-state index in [2.05, 4.69) is 10.3 Å². The van der Waals surface area contributed by atoms with Crippen LogP contribution in [0.4, 0.5) is 0 Å². The molecule has 0 radical (unpaired) electrons. The zero-order chi connectivity index (χ0) is 13.7. The summed E-state index contributed by atoms with van der Waals surface area (Å²) < 4.78 is 5.28. The van der Waals surface area contributed by atoms with Crippen LogP contribution in [0.2, 0.25) is 0 Å². The highest BCUT2D eigenvalue weighted by atomic mass is 16.5. The molecule has 0 saturated carbocycles. The molecule has 0 aliphatic carbocycles. The number of hydrogen-bond donors (Lipinski definition) is 2. The summed E-state index contributed by atoms with van der Waals surface area (Å²) >= 11 is 0. The van der Waals surface area contributed by atoms with E-state index >= 15 is 0 Å². The number of nitrogens with two attached hydrogens (primary N) is 1. The van der Waals surface area contributed by atoms with Gasteiger partial charge in [0, 0.05) is 19.4 Å². The first kappa shape index (κ1) is 14.0. The van der Waals surface area contributed by atoms with Crippen LogP contribution < -0.4 is 11.1 Å². The van der Waals surface area contributed by atoms with Crippen molar-refractivity contribution >= 4 is 5.91 Å². The van der Waals surface area contributed by atoms with Crippen LogP contribution in [0, 0.1) is 12.8 Å². The monoisotopic (exact) mass is 263 g/mol. The predicted octanol–water partition coefficient (Wildman–Crippen LogP) is 0.760. The van der Waals surface area contributed by atoms with E-state index in [-0.39, 0.29) is 11.8 Å². The van der Waals surface area contributed by atoms with Crippen molar-refractivity contribution in [1.82, 2.24) is 10.3 Å². The smallest absolute Gasteiger partial charge is 0.237 e. The topological polar surface area (TPSA) is 77.2 Å². The first-order chi connectivity index (χ1) is 9.18. The summed E-state index contributed by atoms with van der Waals surface area (Å²) in [6.07, 6.45) is 3.45. The number of carbonyl (C=O) groups is 1. The molecule has 5 heteroatoms. The Kier molecular flexibility index (Phi) is 4.87. The molecule has 1 fully saturated rings. The van der Waals surface area contributed by atoms with E-state index in [0.29, 0.717) is 19.8 Å². The second-order valence-corrected chi connectivity index (χ2v) is 4.96. The molecule has 1 amide bonds. The number of rotatable bonds is 4. The largest absolute Gasteiger partial charge is 0.381 e. The number of pyridine rings is 1. The van der Waals surface area contributed by atoms with Crippen molar-refractivity contribution in [3.8, 4) is 0 Å². The predicted molar refractivity (Wildman–Crippen MR) is 72.3 cm³/mol. The molecular weight excluding hydrogens is 242 g/mol. The van der Waals surface area contributed by atoms with E-state index in [9.17, 15) is 4.79 Å². The highest BCUT2D eigenvalue weighted by Gasteiger charge is 2.26. The molecule has 1 aliphatic rings. The number of aromatic nitrogens is 1. The van der Waals surface area contributed by atoms with Crippen LogP contribution in [0.5, 0.6) is 0 Å². The SMILES string of the molecule is Cc1cccnc1CNC(=O)C(N)C1CCOCC1. The Balaban J connectivity index is 1.85. The van der Waals surface area contributed by atoms with Gasteiger partial charge in [-0.15, -0.1) is 0 Å². The fraction of sp³-hybridized carbons (Fsp3) is 0.571. The number of aryl methyl sites for hydroxylation is 1. The zero-order valence-corrected chi connectivity index (χ0v) is 11.3. The molecule has 1 aromatic heterocycles. The number of carbonyl (C=O) groups excluding carboxylic acids is 1. The lowest BCUT2D eigenvalue weighted by atomic mass is 9.92. The Morgan fingerprint density at radius 1 is 1.58 bits per heavy atom. The average molecular weight is 263 g/mol. The third kappa shape index (κ3) is 3.75. The molecule has 1 aliphatic heterocycles. The number of nitrogens with one attached hydrogen (secondary N) is 1. The molecule has 1 aromatic rings. The summed E-state index contributed by atoms with van der Waals surface area (Å²) in [6, 6.07) is 3.41. The summed E-state index contributed by atoms with van der Waals surface area (Å²) in [5, 5.41) is 2.87. The van der Waals surface area contributed by atoms with Crippen molar-refractivity contribution in [2.24, 2.45) is 11.7 Å². The Morgan fingerprint density at radius 3 is 3.00 bits per heavy atom. The van der Waals surface area contributed by atoms with Crippen molar-refractivity contribution in [3.63, 3.8) is 0 Å². The molecule has 2 heterocycles. The van der Waals surface area contributed by atoms with Gasteiger partial charge in [-0.25, -0.2) is 0 Å². The molecule has 1 atom stereocenters. The van der Waals surface area contributed by atoms with E-state index in [1.54, 1.807) is 6.20 Å². The maximum atomic E-state index is 12.0. The van der Waals surface area contributed by atoms with Gasteiger partial charge in [-0.3, -0.25) is 9.78 Å². The van der Waals surface area contributed by atoms with Gasteiger partial charge in [0.25, 0.3) is 0 Å². The van der Waals surface area contributed by atoms with Crippen LogP contribution in [-0.4, -0.2) is 30.1 Å². The van der Waals surface area contributed by atoms with E-state index in [0.717, 1.165) is 24.1 Å². The van der Waals surface area contributed by atoms with Gasteiger partial charge >= 0.3 is 0 Å². The van der Waals surface area contributed by atoms with Gasteiger partial charge in [-0.1, -0.05) is 6.07 Å². The molecule has 0 bridgehead atoms. The number of amides is 1. The number of ether oxygens (including phenoxy) is 1. The van der Waals surface area contributed by atoms with Gasteiger partial charge in [-0.05, 0) is 37.3 Å². The van der Waals surface area contributed by atoms with Crippen LogP contribution in [0.25, 0.3) is 0 Å². The first-order valence-electron chi connectivity index (χ1n) is 6.70. The lowest BCUT2D eigenvalue weighted by Crippen LogP contribution is -2.46. The molecule has 2 rings (SSSR count). The van der Waals surface area contributed by atoms with Crippen LogP contribution in [0.3, 0.4) is 0 Å². The van der Waals surface area contributed by atoms with Gasteiger partial charge < -0.3 is 15.8 Å². The second kappa shape index (κ2) is 6.63. The number of nitrogens with zero attached hydrogens (tertiary/aromatic N) is 1. The molecule has 19 heavy (non-hydrogen) atoms. The first-order valence-corrected chi connectivity index (χ1v) is 6.70. The van der Waals surface area contributed by atoms with Crippen molar-refractivity contribution in [1.29, 1.82) is 0 Å². The lowest BCUT2D eigenvalue weighted by molar-refractivity contribution is -0.124. The fourth-order valence-corrected chi connectivity index (χ4v) is 2.28. The molecule has 5 nitrogen and oxygen atoms in total. The summed E-state index contributed by atoms with van der Waals surface area (Å²) in [4.78, 5) is 16.3. The van der Waals surface area contributed by atoms with Crippen molar-refractivity contribution in [2.75, 3.05) is 13.2 Å². The molecule has 104 valence electrons. The van der Waals surface area contributed by atoms with Crippen molar-refractivity contribution in [2.45, 2.75) is 32.4 Å². The second-order valence-electron chi connectivity index (χ2n) is 4.96. The fourth-order valence-electron chi connectivity index (χ4n) is 2.28. The molecule has 0 aromatic carbocycles. The Hall–Kier alpha value is -1.46. The van der Waals surface area contributed by atoms with Crippen LogP contribution in [0.15, 0.2) is 18.3 Å². The van der Waals surface area contributed by atoms with Gasteiger partial charge in [0.2, 0.25) is 5.91 Å². The van der Waals surface area contributed by atoms with Gasteiger partial charge in [0.15, 0.2) is 0 Å². The summed E-state index contributed by atoms with van der Waals surface area (Å²) in [5.74, 6) is 0.121. The van der Waals surface area contributed by atoms with Crippen molar-refractivity contribution < 1.29 is 9.53 Å². The van der Waals surface area contributed by atoms with Gasteiger partial charge in [-0.2, -0.15) is 0 Å². The quantitative estimate of drug-likeness (QED) is 0.840. The zero-order valence-electron chi connectivity index (χ0n) is 11.3. The molecular formula is C14H21N3O2. The van der Waals surface area contributed by atoms with E-state index in [1.807, 2.05) is 19.1 Å². The van der Waals surface area contributed by atoms with Gasteiger partial charge in [0.05, 0.1) is 18.3 Å². The third-order valence-corrected chi connectivity index (χ3v) is 3.62. The van der Waals surface area contributed by atoms with Crippen LogP contribution in [0.1, 0.15) is 24.1 Å². The van der Waals surface area contributed by atoms with E-state index in [4.69, 9.17) is 10.5 Å². The maximum Gasteiger partial charge on any atom is 0.237 e. The van der Waals surface area contributed by atoms with Crippen molar-refractivity contribution in [3.05, 3.63) is 29.6 Å². The Morgan fingerprint density at radius 2 is 2.32 bits per heavy atom. The molecule has 0 spiro atoms. The summed E-state index contributed by atoms with van der Waals surface area (Å²) in [7, 11) is 0. The lowest BCUT2D eigenvalue weighted by Gasteiger charge is -2.26. The standard InChI is InChI=1S/C14H21N3O2/c1-10-3-2-6-16-12(10)9-17-14(18)13(15)11-4-7-19-8-5-11/h2-3,6,11,13H,4-5,7-9,15H2,1H3,(H,17,18). The highest BCUT2D eigenvalue weighted by molar-refractivity contribution is 5.81. The van der Waals surface area contributed by atoms with Crippen LogP contribution >= 0.6 is 0 Å². The highest BCUT2D eigenvalue weighted by Crippen LogP contribution is 2.17. The minimum atomic E-state index is -0.451. The molecule has 1 saturated heterocycles. The minimum absolute atomic E-state index is 0.100. The Labute approximate surface area is 113 Å². The van der Waals surface area contributed by atoms with Crippen LogP contribution in [-0.2, 0) is 16.1 Å². The average Bonchev–Trinajstić information content (AvgIpc) is 2.46. The van der Waals surface area contributed by atoms with E-state index < -0.39 is 6.04 Å². The molecule has 3 N–H and O–H groups in total. The van der Waals surface area contributed by atoms with E-state index in [1.165, 1.54) is 0 Å². The number of hydrogen-bond acceptors (Lipinski definition) is 4. The summed E-state index contributed by atoms with van der Waals surface area (Å²) in [6.45, 7) is 3.81. The third-order valence-electron chi connectivity index (χ3n) is 3.62. The Bertz CT molecular complexity index is 430. The minimum Gasteiger partial charge on any atom is -0.381 e.